The number of phenols is 1. The maximum atomic E-state index is 14.4. The molecule has 0 spiro atoms. The number of aromatic hydroxyl groups is 1. The second kappa shape index (κ2) is 12.4. The fourth-order valence-corrected chi connectivity index (χ4v) is 5.60. The van der Waals surface area contributed by atoms with Crippen molar-refractivity contribution in [3.8, 4) is 5.75 Å². The topological polar surface area (TPSA) is 131 Å². The molecule has 4 amide bonds. The van der Waals surface area contributed by atoms with Gasteiger partial charge in [-0.1, -0.05) is 36.0 Å². The van der Waals surface area contributed by atoms with Crippen molar-refractivity contribution in [2.75, 3.05) is 25.0 Å². The number of benzene rings is 3. The van der Waals surface area contributed by atoms with Gasteiger partial charge < -0.3 is 20.6 Å². The molecule has 0 bridgehead atoms. The smallest absolute Gasteiger partial charge is 0.254 e. The molecule has 3 aromatic rings. The normalized spacial score (nSPS) is 17.9. The maximum absolute atomic E-state index is 14.4. The summed E-state index contributed by atoms with van der Waals surface area (Å²) < 4.78 is 28.3. The second-order valence-corrected chi connectivity index (χ2v) is 10.7. The van der Waals surface area contributed by atoms with Gasteiger partial charge in [-0.3, -0.25) is 24.1 Å². The van der Waals surface area contributed by atoms with Crippen LogP contribution in [-0.2, 0) is 20.9 Å². The summed E-state index contributed by atoms with van der Waals surface area (Å²) in [6.45, 7) is 0.727. The van der Waals surface area contributed by atoms with Gasteiger partial charge in [0.05, 0.1) is 13.1 Å². The van der Waals surface area contributed by atoms with Gasteiger partial charge in [0.15, 0.2) is 16.8 Å². The summed E-state index contributed by atoms with van der Waals surface area (Å²) in [5, 5.41) is 14.1. The number of aliphatic imine (C=N–C) groups is 1. The van der Waals surface area contributed by atoms with Crippen LogP contribution in [0.1, 0.15) is 22.3 Å². The third-order valence-corrected chi connectivity index (χ3v) is 7.71. The van der Waals surface area contributed by atoms with Gasteiger partial charge in [-0.15, -0.1) is 0 Å². The van der Waals surface area contributed by atoms with E-state index in [9.17, 15) is 33.1 Å². The molecule has 0 radical (unpaired) electrons. The third-order valence-electron chi connectivity index (χ3n) is 6.54. The van der Waals surface area contributed by atoms with Crippen LogP contribution in [0.4, 0.5) is 20.2 Å². The Kier molecular flexibility index (Phi) is 8.48. The van der Waals surface area contributed by atoms with Crippen LogP contribution in [0.25, 0.3) is 0 Å². The highest BCUT2D eigenvalue weighted by atomic mass is 32.2. The van der Waals surface area contributed by atoms with Crippen LogP contribution in [0.5, 0.6) is 5.75 Å². The number of rotatable bonds is 7. The lowest BCUT2D eigenvalue weighted by molar-refractivity contribution is -0.128. The minimum atomic E-state index is -1.17. The van der Waals surface area contributed by atoms with E-state index in [1.54, 1.807) is 36.4 Å². The molecular weight excluding hydrogens is 568 g/mol. The van der Waals surface area contributed by atoms with E-state index in [1.165, 1.54) is 34.1 Å². The first-order chi connectivity index (χ1) is 20.2. The van der Waals surface area contributed by atoms with Gasteiger partial charge >= 0.3 is 0 Å². The van der Waals surface area contributed by atoms with E-state index < -0.39 is 28.7 Å². The lowest BCUT2D eigenvalue weighted by Gasteiger charge is -2.26. The van der Waals surface area contributed by atoms with Crippen molar-refractivity contribution in [3.05, 3.63) is 89.5 Å². The van der Waals surface area contributed by atoms with Gasteiger partial charge in [0.2, 0.25) is 17.7 Å². The zero-order chi connectivity index (χ0) is 29.8. The van der Waals surface area contributed by atoms with E-state index in [4.69, 9.17) is 0 Å². The number of hydrogen-bond acceptors (Lipinski definition) is 7. The molecule has 0 aromatic heterocycles. The first-order valence-corrected chi connectivity index (χ1v) is 13.8. The zero-order valence-electron chi connectivity index (χ0n) is 22.0. The van der Waals surface area contributed by atoms with E-state index in [1.807, 2.05) is 0 Å². The molecule has 1 atom stereocenters. The number of amidine groups is 1. The Morgan fingerprint density at radius 2 is 1.83 bits per heavy atom. The number of hydrogen-bond donors (Lipinski definition) is 3. The first kappa shape index (κ1) is 28.7. The Labute approximate surface area is 243 Å². The van der Waals surface area contributed by atoms with Crippen molar-refractivity contribution in [2.24, 2.45) is 4.99 Å². The SMILES string of the molecule is O=C1CN(C(=O)c2ccc(CN3C(=O)C(CC(=O)Nc4cccc(O)c4)SC3=Nc3cccc(F)c3F)cc2)CCN1. The first-order valence-electron chi connectivity index (χ1n) is 12.9. The summed E-state index contributed by atoms with van der Waals surface area (Å²) in [5.41, 5.74) is 1.04. The summed E-state index contributed by atoms with van der Waals surface area (Å²) in [6.07, 6.45) is -0.239. The highest BCUT2D eigenvalue weighted by molar-refractivity contribution is 8.15. The molecule has 0 aliphatic carbocycles. The minimum Gasteiger partial charge on any atom is -0.508 e. The molecule has 42 heavy (non-hydrogen) atoms. The molecule has 216 valence electrons. The van der Waals surface area contributed by atoms with E-state index in [-0.39, 0.29) is 47.9 Å². The predicted molar refractivity (Wildman–Crippen MR) is 152 cm³/mol. The van der Waals surface area contributed by atoms with E-state index in [0.717, 1.165) is 17.8 Å². The van der Waals surface area contributed by atoms with Gasteiger partial charge in [0, 0.05) is 36.8 Å². The van der Waals surface area contributed by atoms with Gasteiger partial charge in [-0.25, -0.2) is 13.8 Å². The Hall–Kier alpha value is -4.78. The van der Waals surface area contributed by atoms with E-state index in [0.29, 0.717) is 29.9 Å². The molecule has 10 nitrogen and oxygen atoms in total. The van der Waals surface area contributed by atoms with Crippen molar-refractivity contribution in [1.82, 2.24) is 15.1 Å². The number of carbonyl (C=O) groups excluding carboxylic acids is 4. The molecular formula is C29H25F2N5O5S. The Balaban J connectivity index is 1.35. The molecule has 2 aliphatic rings. The van der Waals surface area contributed by atoms with Gasteiger partial charge in [0.1, 0.15) is 16.7 Å². The number of nitrogens with one attached hydrogen (secondary N) is 2. The highest BCUT2D eigenvalue weighted by Crippen LogP contribution is 2.34. The molecule has 0 saturated carbocycles. The Morgan fingerprint density at radius 1 is 1.07 bits per heavy atom. The maximum Gasteiger partial charge on any atom is 0.254 e. The van der Waals surface area contributed by atoms with Crippen molar-refractivity contribution in [3.63, 3.8) is 0 Å². The van der Waals surface area contributed by atoms with Crippen molar-refractivity contribution >= 4 is 51.9 Å². The largest absolute Gasteiger partial charge is 0.508 e. The summed E-state index contributed by atoms with van der Waals surface area (Å²) in [4.78, 5) is 57.6. The fourth-order valence-electron chi connectivity index (χ4n) is 4.45. The summed E-state index contributed by atoms with van der Waals surface area (Å²) >= 11 is 0.953. The summed E-state index contributed by atoms with van der Waals surface area (Å²) in [7, 11) is 0. The number of carbonyl (C=O) groups is 4. The molecule has 1 unspecified atom stereocenters. The number of anilines is 1. The molecule has 3 aromatic carbocycles. The lowest BCUT2D eigenvalue weighted by atomic mass is 10.1. The Morgan fingerprint density at radius 3 is 2.57 bits per heavy atom. The van der Waals surface area contributed by atoms with Crippen LogP contribution in [0, 0.1) is 11.6 Å². The number of halogens is 2. The van der Waals surface area contributed by atoms with Crippen LogP contribution in [-0.4, -0.2) is 68.6 Å². The van der Waals surface area contributed by atoms with Crippen LogP contribution in [0.2, 0.25) is 0 Å². The minimum absolute atomic E-state index is 0.00707. The number of nitrogens with zero attached hydrogens (tertiary/aromatic N) is 3. The molecule has 2 fully saturated rings. The van der Waals surface area contributed by atoms with E-state index >= 15 is 0 Å². The van der Waals surface area contributed by atoms with Crippen LogP contribution >= 0.6 is 11.8 Å². The molecule has 2 aliphatic heterocycles. The van der Waals surface area contributed by atoms with Crippen molar-refractivity contribution in [2.45, 2.75) is 18.2 Å². The number of amides is 4. The Bertz CT molecular complexity index is 1580. The molecule has 3 N–H and O–H groups in total. The number of piperazine rings is 1. The quantitative estimate of drug-likeness (QED) is 0.385. The molecule has 5 rings (SSSR count). The average Bonchev–Trinajstić information content (AvgIpc) is 3.24. The van der Waals surface area contributed by atoms with Gasteiger partial charge in [-0.2, -0.15) is 0 Å². The highest BCUT2D eigenvalue weighted by Gasteiger charge is 2.39. The van der Waals surface area contributed by atoms with Crippen molar-refractivity contribution in [1.29, 1.82) is 0 Å². The molecule has 13 heteroatoms. The second-order valence-electron chi connectivity index (χ2n) is 9.57. The lowest BCUT2D eigenvalue weighted by Crippen LogP contribution is -2.49. The standard InChI is InChI=1S/C29H25F2N5O5S/c30-21-5-2-6-22(26(21)31)34-29-36(28(41)23(42-29)14-24(38)33-19-3-1-4-20(37)13-19)15-17-7-9-18(10-8-17)27(40)35-12-11-32-25(39)16-35/h1-10,13,23,37H,11-12,14-16H2,(H,32,39)(H,33,38). The van der Waals surface area contributed by atoms with Crippen LogP contribution < -0.4 is 10.6 Å². The fraction of sp³-hybridized carbons (Fsp3) is 0.207. The average molecular weight is 594 g/mol. The number of thioether (sulfide) groups is 1. The molecule has 2 heterocycles. The van der Waals surface area contributed by atoms with Gasteiger partial charge in [0.25, 0.3) is 5.91 Å². The van der Waals surface area contributed by atoms with Crippen LogP contribution in [0.15, 0.2) is 71.7 Å². The van der Waals surface area contributed by atoms with Gasteiger partial charge in [-0.05, 0) is 42.0 Å². The van der Waals surface area contributed by atoms with Crippen LogP contribution in [0.3, 0.4) is 0 Å². The van der Waals surface area contributed by atoms with Crippen molar-refractivity contribution < 1.29 is 33.1 Å². The van der Waals surface area contributed by atoms with E-state index in [2.05, 4.69) is 15.6 Å². The molecule has 2 saturated heterocycles. The predicted octanol–water partition coefficient (Wildman–Crippen LogP) is 3.40. The monoisotopic (exact) mass is 593 g/mol. The zero-order valence-corrected chi connectivity index (χ0v) is 22.9. The summed E-state index contributed by atoms with van der Waals surface area (Å²) in [5.74, 6) is -3.77. The third kappa shape index (κ3) is 6.57. The number of phenolic OH excluding ortho intramolecular Hbond substituents is 1. The summed E-state index contributed by atoms with van der Waals surface area (Å²) in [6, 6.07) is 16.0.